The smallest absolute Gasteiger partial charge is 0.382 e. The molecule has 1 aromatic heterocycles. The van der Waals surface area contributed by atoms with Crippen LogP contribution < -0.4 is 16.4 Å². The summed E-state index contributed by atoms with van der Waals surface area (Å²) in [5.74, 6) is -0.508. The second kappa shape index (κ2) is 5.36. The lowest BCUT2D eigenvalue weighted by atomic mass is 10.2. The van der Waals surface area contributed by atoms with E-state index in [9.17, 15) is 18.0 Å². The summed E-state index contributed by atoms with van der Waals surface area (Å²) < 4.78 is 38.5. The molecular weight excluding hydrogens is 305 g/mol. The number of nitrogen functional groups attached to an aromatic ring is 1. The number of halogens is 3. The van der Waals surface area contributed by atoms with E-state index >= 15 is 0 Å². The molecule has 1 saturated carbocycles. The highest BCUT2D eigenvalue weighted by molar-refractivity contribution is 7.18. The average Bonchev–Trinajstić information content (AvgIpc) is 3.03. The lowest BCUT2D eigenvalue weighted by molar-refractivity contribution is -0.163. The van der Waals surface area contributed by atoms with Gasteiger partial charge in [0, 0.05) is 6.54 Å². The summed E-state index contributed by atoms with van der Waals surface area (Å²) in [6.45, 7) is 4.63. The van der Waals surface area contributed by atoms with Crippen LogP contribution in [0.3, 0.4) is 0 Å². The highest BCUT2D eigenvalue weighted by Gasteiger charge is 2.64. The highest BCUT2D eigenvalue weighted by atomic mass is 32.1. The number of hydrogen-bond acceptors (Lipinski definition) is 5. The average molecular weight is 322 g/mol. The molecule has 21 heavy (non-hydrogen) atoms. The maximum absolute atomic E-state index is 12.8. The number of nitrogens with two attached hydrogens (primary N) is 1. The summed E-state index contributed by atoms with van der Waals surface area (Å²) in [7, 11) is 0. The Balaban J connectivity index is 2.06. The number of carbonyl (C=O) groups is 1. The summed E-state index contributed by atoms with van der Waals surface area (Å²) in [5.41, 5.74) is 3.52. The van der Waals surface area contributed by atoms with Crippen molar-refractivity contribution in [2.75, 3.05) is 17.6 Å². The van der Waals surface area contributed by atoms with Gasteiger partial charge >= 0.3 is 6.18 Å². The van der Waals surface area contributed by atoms with E-state index in [4.69, 9.17) is 5.73 Å². The van der Waals surface area contributed by atoms with Gasteiger partial charge in [0.25, 0.3) is 5.91 Å². The number of rotatable bonds is 5. The Kier molecular flexibility index (Phi) is 4.05. The van der Waals surface area contributed by atoms with E-state index in [0.29, 0.717) is 17.6 Å². The Morgan fingerprint density at radius 2 is 2.10 bits per heavy atom. The molecule has 1 fully saturated rings. The van der Waals surface area contributed by atoms with Crippen molar-refractivity contribution in [2.45, 2.75) is 38.4 Å². The third kappa shape index (κ3) is 3.39. The van der Waals surface area contributed by atoms with E-state index in [0.717, 1.165) is 11.3 Å². The van der Waals surface area contributed by atoms with Crippen LogP contribution in [0.4, 0.5) is 24.1 Å². The van der Waals surface area contributed by atoms with Gasteiger partial charge in [-0.25, -0.2) is 4.98 Å². The summed E-state index contributed by atoms with van der Waals surface area (Å²) in [6.07, 6.45) is -4.64. The molecule has 0 radical (unpaired) electrons. The van der Waals surface area contributed by atoms with Crippen LogP contribution in [0.2, 0.25) is 0 Å². The van der Waals surface area contributed by atoms with E-state index in [-0.39, 0.29) is 23.5 Å². The van der Waals surface area contributed by atoms with Crippen molar-refractivity contribution in [3.63, 3.8) is 0 Å². The zero-order valence-corrected chi connectivity index (χ0v) is 12.5. The zero-order chi connectivity index (χ0) is 15.8. The Morgan fingerprint density at radius 1 is 1.48 bits per heavy atom. The predicted octanol–water partition coefficient (Wildman–Crippen LogP) is 2.62. The topological polar surface area (TPSA) is 80.0 Å². The fourth-order valence-corrected chi connectivity index (χ4v) is 2.53. The molecule has 1 heterocycles. The van der Waals surface area contributed by atoms with Crippen LogP contribution in [0, 0.1) is 5.92 Å². The molecule has 0 atom stereocenters. The molecule has 0 saturated heterocycles. The number of hydrogen-bond donors (Lipinski definition) is 3. The lowest BCUT2D eigenvalue weighted by Crippen LogP contribution is -2.47. The summed E-state index contributed by atoms with van der Waals surface area (Å²) in [5, 5.41) is 5.47. The summed E-state index contributed by atoms with van der Waals surface area (Å²) in [6, 6.07) is 0. The van der Waals surface area contributed by atoms with E-state index in [1.54, 1.807) is 0 Å². The molecule has 1 amide bonds. The van der Waals surface area contributed by atoms with Crippen LogP contribution in [0.5, 0.6) is 0 Å². The van der Waals surface area contributed by atoms with E-state index in [1.165, 1.54) is 0 Å². The molecule has 5 nitrogen and oxygen atoms in total. The van der Waals surface area contributed by atoms with E-state index in [1.807, 2.05) is 19.2 Å². The van der Waals surface area contributed by atoms with Gasteiger partial charge in [-0.05, 0) is 18.8 Å². The Morgan fingerprint density at radius 3 is 2.57 bits per heavy atom. The predicted molar refractivity (Wildman–Crippen MR) is 75.3 cm³/mol. The molecule has 0 spiro atoms. The third-order valence-corrected chi connectivity index (χ3v) is 4.19. The molecule has 2 rings (SSSR count). The quantitative estimate of drug-likeness (QED) is 0.778. The van der Waals surface area contributed by atoms with Gasteiger partial charge in [-0.15, -0.1) is 0 Å². The Hall–Kier alpha value is -1.51. The van der Waals surface area contributed by atoms with Gasteiger partial charge in [0.05, 0.1) is 0 Å². The molecule has 0 unspecified atom stereocenters. The number of carbonyl (C=O) groups excluding carboxylic acids is 1. The molecule has 118 valence electrons. The molecular formula is C12H17F3N4OS. The first-order chi connectivity index (χ1) is 9.64. The maximum Gasteiger partial charge on any atom is 0.411 e. The third-order valence-electron chi connectivity index (χ3n) is 3.17. The van der Waals surface area contributed by atoms with Crippen molar-refractivity contribution in [3.8, 4) is 0 Å². The van der Waals surface area contributed by atoms with Crippen molar-refractivity contribution < 1.29 is 18.0 Å². The first-order valence-corrected chi connectivity index (χ1v) is 7.36. The number of aromatic nitrogens is 1. The van der Waals surface area contributed by atoms with Crippen LogP contribution in [-0.2, 0) is 0 Å². The van der Waals surface area contributed by atoms with Gasteiger partial charge in [-0.1, -0.05) is 25.2 Å². The van der Waals surface area contributed by atoms with Gasteiger partial charge in [-0.2, -0.15) is 13.2 Å². The molecule has 9 heteroatoms. The molecule has 1 aliphatic carbocycles. The van der Waals surface area contributed by atoms with Crippen LogP contribution in [0.25, 0.3) is 0 Å². The fourth-order valence-electron chi connectivity index (χ4n) is 1.74. The minimum Gasteiger partial charge on any atom is -0.382 e. The fraction of sp³-hybridized carbons (Fsp3) is 0.667. The lowest BCUT2D eigenvalue weighted by Gasteiger charge is -2.20. The first-order valence-electron chi connectivity index (χ1n) is 6.54. The summed E-state index contributed by atoms with van der Waals surface area (Å²) in [4.78, 5) is 15.9. The Labute approximate surface area is 124 Å². The normalized spacial score (nSPS) is 16.9. The van der Waals surface area contributed by atoms with Gasteiger partial charge in [0.2, 0.25) is 0 Å². The minimum absolute atomic E-state index is 0.0109. The SMILES string of the molecule is CC(C)CNc1nc(N)c(C(=O)NC2(C(F)(F)F)CC2)s1. The van der Waals surface area contributed by atoms with Crippen molar-refractivity contribution >= 4 is 28.2 Å². The molecule has 1 aliphatic rings. The van der Waals surface area contributed by atoms with Gasteiger partial charge in [-0.3, -0.25) is 4.79 Å². The zero-order valence-electron chi connectivity index (χ0n) is 11.7. The molecule has 4 N–H and O–H groups in total. The largest absolute Gasteiger partial charge is 0.411 e. The van der Waals surface area contributed by atoms with Crippen LogP contribution >= 0.6 is 11.3 Å². The number of alkyl halides is 3. The standard InChI is InChI=1S/C12H17F3N4OS/c1-6(2)5-17-10-18-8(16)7(21-10)9(20)19-11(3-4-11)12(13,14)15/h6H,3-5,16H2,1-2H3,(H,17,18)(H,19,20). The molecule has 1 aromatic rings. The van der Waals surface area contributed by atoms with E-state index in [2.05, 4.69) is 10.3 Å². The summed E-state index contributed by atoms with van der Waals surface area (Å²) >= 11 is 0.962. The maximum atomic E-state index is 12.8. The number of anilines is 2. The monoisotopic (exact) mass is 322 g/mol. The van der Waals surface area contributed by atoms with Crippen LogP contribution in [-0.4, -0.2) is 29.2 Å². The molecule has 0 bridgehead atoms. The number of nitrogens with zero attached hydrogens (tertiary/aromatic N) is 1. The van der Waals surface area contributed by atoms with Crippen LogP contribution in [0.15, 0.2) is 0 Å². The van der Waals surface area contributed by atoms with Crippen molar-refractivity contribution in [1.29, 1.82) is 0 Å². The number of nitrogens with one attached hydrogen (secondary N) is 2. The highest BCUT2D eigenvalue weighted by Crippen LogP contribution is 2.49. The van der Waals surface area contributed by atoms with E-state index < -0.39 is 17.6 Å². The molecule has 0 aliphatic heterocycles. The van der Waals surface area contributed by atoms with Crippen molar-refractivity contribution in [2.24, 2.45) is 5.92 Å². The van der Waals surface area contributed by atoms with Gasteiger partial charge in [0.1, 0.15) is 16.2 Å². The Bertz CT molecular complexity index is 537. The first kappa shape index (κ1) is 15.9. The second-order valence-electron chi connectivity index (χ2n) is 5.54. The van der Waals surface area contributed by atoms with Gasteiger partial charge in [0.15, 0.2) is 5.13 Å². The van der Waals surface area contributed by atoms with Crippen molar-refractivity contribution in [1.82, 2.24) is 10.3 Å². The molecule has 0 aromatic carbocycles. The number of amides is 1. The van der Waals surface area contributed by atoms with Crippen molar-refractivity contribution in [3.05, 3.63) is 4.88 Å². The second-order valence-corrected chi connectivity index (χ2v) is 6.54. The van der Waals surface area contributed by atoms with Crippen LogP contribution in [0.1, 0.15) is 36.4 Å². The minimum atomic E-state index is -4.44. The van der Waals surface area contributed by atoms with Gasteiger partial charge < -0.3 is 16.4 Å². The number of thiazole rings is 1.